The Balaban J connectivity index is 2.36. The second-order valence-electron chi connectivity index (χ2n) is 6.42. The normalized spacial score (nSPS) is 33.4. The number of carbonyl (C=O) groups excluding carboxylic acids is 4. The smallest absolute Gasteiger partial charge is 0.308 e. The number of fused-ring (bicyclic) bond motifs is 4. The minimum atomic E-state index is -5.66. The van der Waals surface area contributed by atoms with Gasteiger partial charge in [0.25, 0.3) is 32.1 Å². The molecule has 3 fully saturated rings. The second kappa shape index (κ2) is 6.38. The average molecular weight is 490 g/mol. The molecule has 160 valence electrons. The van der Waals surface area contributed by atoms with E-state index in [9.17, 15) is 55.0 Å². The van der Waals surface area contributed by atoms with Gasteiger partial charge in [-0.3, -0.25) is 33.1 Å². The SMILES string of the molecule is O=C(O)C1CC2(S(=O)(=O)O)CC(=O)N(SSN3C(=O)CC1(S(=O)(=O)O)C3=O)C2=O. The fraction of sp³-hybridized carbons (Fsp3) is 0.545. The molecule has 0 saturated carbocycles. The van der Waals surface area contributed by atoms with Crippen LogP contribution in [0.2, 0.25) is 0 Å². The highest BCUT2D eigenvalue weighted by Gasteiger charge is 2.72. The molecule has 3 saturated heterocycles. The number of aliphatic carboxylic acids is 1. The van der Waals surface area contributed by atoms with Crippen molar-refractivity contribution in [2.45, 2.75) is 28.8 Å². The van der Waals surface area contributed by atoms with Gasteiger partial charge >= 0.3 is 5.97 Å². The number of hydrogen-bond donors (Lipinski definition) is 3. The van der Waals surface area contributed by atoms with E-state index in [0.29, 0.717) is 0 Å². The summed E-state index contributed by atoms with van der Waals surface area (Å²) in [5, 5.41) is 9.57. The zero-order valence-corrected chi connectivity index (χ0v) is 17.0. The van der Waals surface area contributed by atoms with Gasteiger partial charge in [0.05, 0.1) is 40.7 Å². The van der Waals surface area contributed by atoms with Gasteiger partial charge in [0.1, 0.15) is 0 Å². The molecule has 0 aliphatic carbocycles. The molecule has 3 unspecified atom stereocenters. The van der Waals surface area contributed by atoms with Crippen molar-refractivity contribution in [3.63, 3.8) is 0 Å². The van der Waals surface area contributed by atoms with Crippen molar-refractivity contribution in [3.8, 4) is 0 Å². The van der Waals surface area contributed by atoms with E-state index in [0.717, 1.165) is 0 Å². The van der Waals surface area contributed by atoms with E-state index in [-0.39, 0.29) is 30.6 Å². The van der Waals surface area contributed by atoms with Gasteiger partial charge in [-0.2, -0.15) is 16.8 Å². The number of carboxylic acids is 1. The zero-order chi connectivity index (χ0) is 22.2. The third-order valence-electron chi connectivity index (χ3n) is 4.96. The van der Waals surface area contributed by atoms with Gasteiger partial charge in [-0.15, -0.1) is 0 Å². The lowest BCUT2D eigenvalue weighted by molar-refractivity contribution is -0.147. The molecule has 0 aromatic heterocycles. The van der Waals surface area contributed by atoms with Crippen LogP contribution in [-0.2, 0) is 44.2 Å². The molecule has 0 aromatic rings. The Kier molecular flexibility index (Phi) is 4.83. The van der Waals surface area contributed by atoms with Crippen LogP contribution < -0.4 is 0 Å². The Labute approximate surface area is 170 Å². The van der Waals surface area contributed by atoms with Crippen LogP contribution in [0.4, 0.5) is 0 Å². The Morgan fingerprint density at radius 2 is 1.38 bits per heavy atom. The van der Waals surface area contributed by atoms with Crippen LogP contribution in [0.5, 0.6) is 0 Å². The van der Waals surface area contributed by atoms with Crippen molar-refractivity contribution in [2.75, 3.05) is 0 Å². The predicted octanol–water partition coefficient (Wildman–Crippen LogP) is -1.93. The lowest BCUT2D eigenvalue weighted by Gasteiger charge is -2.34. The maximum Gasteiger partial charge on any atom is 0.308 e. The molecule has 0 aromatic carbocycles. The summed E-state index contributed by atoms with van der Waals surface area (Å²) in [4.78, 5) is 61.7. The second-order valence-corrected chi connectivity index (χ2v) is 11.8. The van der Waals surface area contributed by atoms with Gasteiger partial charge in [0.15, 0.2) is 9.49 Å². The van der Waals surface area contributed by atoms with Crippen LogP contribution in [0.15, 0.2) is 0 Å². The van der Waals surface area contributed by atoms with Crippen molar-refractivity contribution in [2.24, 2.45) is 5.92 Å². The number of imide groups is 2. The molecule has 14 nitrogen and oxygen atoms in total. The summed E-state index contributed by atoms with van der Waals surface area (Å²) in [6, 6.07) is 0. The fourth-order valence-corrected chi connectivity index (χ4v) is 7.94. The Hall–Kier alpha value is -1.73. The molecular formula is C11H10N2O12S4. The molecule has 29 heavy (non-hydrogen) atoms. The van der Waals surface area contributed by atoms with Crippen molar-refractivity contribution in [1.29, 1.82) is 0 Å². The topological polar surface area (TPSA) is 221 Å². The highest BCUT2D eigenvalue weighted by atomic mass is 33.1. The van der Waals surface area contributed by atoms with E-state index in [1.807, 2.05) is 0 Å². The first kappa shape index (κ1) is 22.0. The summed E-state index contributed by atoms with van der Waals surface area (Å²) < 4.78 is 61.6. The fourth-order valence-electron chi connectivity index (χ4n) is 3.47. The summed E-state index contributed by atoms with van der Waals surface area (Å²) in [5.74, 6) is -10.5. The lowest BCUT2D eigenvalue weighted by atomic mass is 9.81. The molecule has 4 bridgehead atoms. The highest BCUT2D eigenvalue weighted by molar-refractivity contribution is 8.75. The predicted molar refractivity (Wildman–Crippen MR) is 92.4 cm³/mol. The molecule has 3 heterocycles. The monoisotopic (exact) mass is 490 g/mol. The van der Waals surface area contributed by atoms with Gasteiger partial charge in [-0.05, 0) is 6.42 Å². The first-order chi connectivity index (χ1) is 13.1. The molecule has 0 radical (unpaired) electrons. The number of carboxylic acid groups (broad SMARTS) is 1. The molecule has 18 heteroatoms. The van der Waals surface area contributed by atoms with Gasteiger partial charge in [-0.1, -0.05) is 0 Å². The van der Waals surface area contributed by atoms with Gasteiger partial charge in [-0.25, -0.2) is 8.61 Å². The Morgan fingerprint density at radius 1 is 0.897 bits per heavy atom. The van der Waals surface area contributed by atoms with E-state index < -0.39 is 84.5 Å². The summed E-state index contributed by atoms with van der Waals surface area (Å²) in [6.45, 7) is 0. The van der Waals surface area contributed by atoms with Crippen molar-refractivity contribution < 1.29 is 55.0 Å². The summed E-state index contributed by atoms with van der Waals surface area (Å²) in [5.41, 5.74) is 0. The Morgan fingerprint density at radius 3 is 1.83 bits per heavy atom. The number of rotatable bonds is 3. The molecule has 4 amide bonds. The largest absolute Gasteiger partial charge is 0.481 e. The molecule has 3 N–H and O–H groups in total. The number of amides is 4. The van der Waals surface area contributed by atoms with Crippen LogP contribution in [0.25, 0.3) is 0 Å². The van der Waals surface area contributed by atoms with Crippen LogP contribution in [0.3, 0.4) is 0 Å². The number of carbonyl (C=O) groups is 5. The number of hydrogen-bond acceptors (Lipinski definition) is 11. The summed E-state index contributed by atoms with van der Waals surface area (Å²) >= 11 is 0. The minimum Gasteiger partial charge on any atom is -0.481 e. The van der Waals surface area contributed by atoms with E-state index in [4.69, 9.17) is 0 Å². The van der Waals surface area contributed by atoms with E-state index in [2.05, 4.69) is 0 Å². The molecule has 3 atom stereocenters. The standard InChI is InChI=1S/C11H10N2O12S4/c14-5-2-10(28(20,21)22)1-4(7(16)17)11(29(23,24)25)3-6(15)13(9(11)19)27-26-12(5)8(10)18/h4H,1-3H2,(H,16,17)(H,20,21,22)(H,23,24,25). The molecule has 3 rings (SSSR count). The minimum absolute atomic E-state index is 0.0727. The van der Waals surface area contributed by atoms with Gasteiger partial charge in [0.2, 0.25) is 11.8 Å². The van der Waals surface area contributed by atoms with Crippen LogP contribution in [0, 0.1) is 5.92 Å². The van der Waals surface area contributed by atoms with Gasteiger partial charge in [0, 0.05) is 0 Å². The zero-order valence-electron chi connectivity index (χ0n) is 13.7. The third-order valence-corrected chi connectivity index (χ3v) is 10.2. The molecule has 0 spiro atoms. The molecule has 3 aliphatic heterocycles. The highest BCUT2D eigenvalue weighted by Crippen LogP contribution is 2.52. The maximum absolute atomic E-state index is 12.7. The molecule has 3 aliphatic rings. The first-order valence-electron chi connectivity index (χ1n) is 7.36. The lowest BCUT2D eigenvalue weighted by Crippen LogP contribution is -2.58. The summed E-state index contributed by atoms with van der Waals surface area (Å²) in [7, 11) is -11.0. The van der Waals surface area contributed by atoms with Crippen molar-refractivity contribution in [3.05, 3.63) is 0 Å². The van der Waals surface area contributed by atoms with E-state index in [1.54, 1.807) is 0 Å². The van der Waals surface area contributed by atoms with Gasteiger partial charge < -0.3 is 5.11 Å². The Bertz CT molecular complexity index is 1080. The van der Waals surface area contributed by atoms with Crippen LogP contribution in [-0.4, -0.2) is 78.8 Å². The quantitative estimate of drug-likeness (QED) is 0.170. The summed E-state index contributed by atoms with van der Waals surface area (Å²) in [6.07, 6.45) is -4.13. The van der Waals surface area contributed by atoms with Crippen LogP contribution in [0.1, 0.15) is 19.3 Å². The average Bonchev–Trinajstić information content (AvgIpc) is 2.93. The van der Waals surface area contributed by atoms with Crippen LogP contribution >= 0.6 is 22.0 Å². The maximum atomic E-state index is 12.7. The van der Waals surface area contributed by atoms with E-state index >= 15 is 0 Å². The van der Waals surface area contributed by atoms with E-state index in [1.165, 1.54) is 0 Å². The number of nitrogens with zero attached hydrogens (tertiary/aromatic N) is 2. The molecular weight excluding hydrogens is 480 g/mol. The third kappa shape index (κ3) is 2.81. The van der Waals surface area contributed by atoms with Crippen molar-refractivity contribution in [1.82, 2.24) is 8.61 Å². The first-order valence-corrected chi connectivity index (χ1v) is 12.3. The van der Waals surface area contributed by atoms with Crippen molar-refractivity contribution >= 4 is 71.8 Å².